The standard InChI is InChI=1S/C14H19N3O3/c1-9(2)15-13(18)14(19)17-16-10(3)11-7-5-6-8-12(11)20-4/h5-9H,1-4H3,(H,15,18)(H,17,19)/b16-10-. The molecule has 0 bridgehead atoms. The van der Waals surface area contributed by atoms with Crippen molar-refractivity contribution >= 4 is 17.5 Å². The number of ether oxygens (including phenoxy) is 1. The molecule has 0 aromatic heterocycles. The van der Waals surface area contributed by atoms with Crippen LogP contribution < -0.4 is 15.5 Å². The van der Waals surface area contributed by atoms with Crippen LogP contribution in [0.3, 0.4) is 0 Å². The number of benzene rings is 1. The molecular weight excluding hydrogens is 258 g/mol. The highest BCUT2D eigenvalue weighted by Gasteiger charge is 2.14. The van der Waals surface area contributed by atoms with Gasteiger partial charge in [-0.2, -0.15) is 5.10 Å². The van der Waals surface area contributed by atoms with Crippen molar-refractivity contribution in [3.8, 4) is 5.75 Å². The van der Waals surface area contributed by atoms with E-state index in [1.165, 1.54) is 0 Å². The predicted octanol–water partition coefficient (Wildman–Crippen LogP) is 1.06. The van der Waals surface area contributed by atoms with Crippen LogP contribution in [0, 0.1) is 0 Å². The van der Waals surface area contributed by atoms with Gasteiger partial charge in [0.25, 0.3) is 0 Å². The largest absolute Gasteiger partial charge is 0.496 e. The third kappa shape index (κ3) is 4.38. The maximum absolute atomic E-state index is 11.5. The maximum Gasteiger partial charge on any atom is 0.329 e. The van der Waals surface area contributed by atoms with Crippen molar-refractivity contribution in [3.05, 3.63) is 29.8 Å². The number of hydrogen-bond donors (Lipinski definition) is 2. The Bertz CT molecular complexity index is 524. The van der Waals surface area contributed by atoms with Gasteiger partial charge in [-0.1, -0.05) is 12.1 Å². The second-order valence-corrected chi connectivity index (χ2v) is 4.47. The molecule has 0 unspecified atom stereocenters. The Balaban J connectivity index is 2.75. The van der Waals surface area contributed by atoms with Crippen molar-refractivity contribution in [1.29, 1.82) is 0 Å². The topological polar surface area (TPSA) is 79.8 Å². The fourth-order valence-corrected chi connectivity index (χ4v) is 1.52. The summed E-state index contributed by atoms with van der Waals surface area (Å²) in [6, 6.07) is 7.18. The Morgan fingerprint density at radius 3 is 2.45 bits per heavy atom. The first kappa shape index (κ1) is 15.7. The van der Waals surface area contributed by atoms with E-state index in [0.29, 0.717) is 11.5 Å². The van der Waals surface area contributed by atoms with Crippen LogP contribution in [0.1, 0.15) is 26.3 Å². The first-order valence-electron chi connectivity index (χ1n) is 6.24. The van der Waals surface area contributed by atoms with Crippen LogP contribution in [-0.4, -0.2) is 30.7 Å². The van der Waals surface area contributed by atoms with E-state index >= 15 is 0 Å². The van der Waals surface area contributed by atoms with E-state index in [9.17, 15) is 9.59 Å². The summed E-state index contributed by atoms with van der Waals surface area (Å²) in [5.74, 6) is -0.862. The lowest BCUT2D eigenvalue weighted by molar-refractivity contribution is -0.139. The van der Waals surface area contributed by atoms with Crippen LogP contribution in [0.2, 0.25) is 0 Å². The summed E-state index contributed by atoms with van der Waals surface area (Å²) >= 11 is 0. The number of hydrogen-bond acceptors (Lipinski definition) is 4. The summed E-state index contributed by atoms with van der Waals surface area (Å²) in [4.78, 5) is 22.9. The van der Waals surface area contributed by atoms with Crippen LogP contribution in [0.25, 0.3) is 0 Å². The first-order chi connectivity index (χ1) is 9.45. The lowest BCUT2D eigenvalue weighted by Crippen LogP contribution is -2.41. The molecule has 20 heavy (non-hydrogen) atoms. The number of carbonyl (C=O) groups is 2. The van der Waals surface area contributed by atoms with Crippen molar-refractivity contribution < 1.29 is 14.3 Å². The van der Waals surface area contributed by atoms with Crippen LogP contribution >= 0.6 is 0 Å². The third-order valence-electron chi connectivity index (χ3n) is 2.45. The van der Waals surface area contributed by atoms with Gasteiger partial charge in [-0.3, -0.25) is 9.59 Å². The monoisotopic (exact) mass is 277 g/mol. The molecular formula is C14H19N3O3. The van der Waals surface area contributed by atoms with Crippen LogP contribution in [0.15, 0.2) is 29.4 Å². The van der Waals surface area contributed by atoms with Gasteiger partial charge < -0.3 is 10.1 Å². The van der Waals surface area contributed by atoms with Crippen molar-refractivity contribution in [3.63, 3.8) is 0 Å². The summed E-state index contributed by atoms with van der Waals surface area (Å²) in [7, 11) is 1.56. The van der Waals surface area contributed by atoms with E-state index < -0.39 is 11.8 Å². The number of nitrogens with zero attached hydrogens (tertiary/aromatic N) is 1. The molecule has 0 atom stereocenters. The van der Waals surface area contributed by atoms with Crippen molar-refractivity contribution in [1.82, 2.24) is 10.7 Å². The zero-order chi connectivity index (χ0) is 15.1. The Morgan fingerprint density at radius 1 is 1.20 bits per heavy atom. The van der Waals surface area contributed by atoms with Gasteiger partial charge >= 0.3 is 11.8 Å². The van der Waals surface area contributed by atoms with Gasteiger partial charge in [0.1, 0.15) is 5.75 Å². The molecule has 2 N–H and O–H groups in total. The molecule has 0 aliphatic heterocycles. The predicted molar refractivity (Wildman–Crippen MR) is 76.6 cm³/mol. The van der Waals surface area contributed by atoms with Gasteiger partial charge in [-0.15, -0.1) is 0 Å². The fourth-order valence-electron chi connectivity index (χ4n) is 1.52. The third-order valence-corrected chi connectivity index (χ3v) is 2.45. The molecule has 0 saturated heterocycles. The molecule has 1 aromatic carbocycles. The van der Waals surface area contributed by atoms with Gasteiger partial charge in [0.15, 0.2) is 0 Å². The van der Waals surface area contributed by atoms with E-state index in [4.69, 9.17) is 4.74 Å². The van der Waals surface area contributed by atoms with Gasteiger partial charge in [0, 0.05) is 11.6 Å². The highest BCUT2D eigenvalue weighted by atomic mass is 16.5. The lowest BCUT2D eigenvalue weighted by Gasteiger charge is -2.09. The van der Waals surface area contributed by atoms with Crippen LogP contribution in [0.5, 0.6) is 5.75 Å². The Morgan fingerprint density at radius 2 is 1.85 bits per heavy atom. The van der Waals surface area contributed by atoms with Crippen molar-refractivity contribution in [2.45, 2.75) is 26.8 Å². The van der Waals surface area contributed by atoms with Gasteiger partial charge in [0.2, 0.25) is 0 Å². The van der Waals surface area contributed by atoms with Gasteiger partial charge in [0.05, 0.1) is 12.8 Å². The summed E-state index contributed by atoms with van der Waals surface area (Å²) in [5.41, 5.74) is 3.52. The van der Waals surface area contributed by atoms with Crippen molar-refractivity contribution in [2.75, 3.05) is 7.11 Å². The first-order valence-corrected chi connectivity index (χ1v) is 6.24. The average Bonchev–Trinajstić information content (AvgIpc) is 2.43. The molecule has 1 rings (SSSR count). The summed E-state index contributed by atoms with van der Waals surface area (Å²) in [5, 5.41) is 6.39. The number of hydrazone groups is 1. The van der Waals surface area contributed by atoms with Crippen LogP contribution in [0.4, 0.5) is 0 Å². The van der Waals surface area contributed by atoms with Crippen LogP contribution in [-0.2, 0) is 9.59 Å². The maximum atomic E-state index is 11.5. The van der Waals surface area contributed by atoms with E-state index in [2.05, 4.69) is 15.8 Å². The SMILES string of the molecule is COc1ccccc1/C(C)=N\NC(=O)C(=O)NC(C)C. The Kier molecular flexibility index (Phi) is 5.71. The molecule has 1 aromatic rings. The normalized spacial score (nSPS) is 11.2. The highest BCUT2D eigenvalue weighted by Crippen LogP contribution is 2.17. The minimum Gasteiger partial charge on any atom is -0.496 e. The summed E-state index contributed by atoms with van der Waals surface area (Å²) in [6.45, 7) is 5.27. The zero-order valence-corrected chi connectivity index (χ0v) is 12.1. The second kappa shape index (κ2) is 7.28. The molecule has 0 radical (unpaired) electrons. The molecule has 2 amide bonds. The lowest BCUT2D eigenvalue weighted by atomic mass is 10.1. The van der Waals surface area contributed by atoms with E-state index in [0.717, 1.165) is 5.56 Å². The molecule has 6 heteroatoms. The summed E-state index contributed by atoms with van der Waals surface area (Å²) in [6.07, 6.45) is 0. The van der Waals surface area contributed by atoms with Gasteiger partial charge in [-0.05, 0) is 32.9 Å². The average molecular weight is 277 g/mol. The molecule has 0 spiro atoms. The molecule has 0 heterocycles. The number of carbonyl (C=O) groups excluding carboxylic acids is 2. The number of para-hydroxylation sites is 1. The fraction of sp³-hybridized carbons (Fsp3) is 0.357. The quantitative estimate of drug-likeness (QED) is 0.490. The second-order valence-electron chi connectivity index (χ2n) is 4.47. The molecule has 108 valence electrons. The number of amides is 2. The van der Waals surface area contributed by atoms with Gasteiger partial charge in [-0.25, -0.2) is 5.43 Å². The molecule has 0 fully saturated rings. The van der Waals surface area contributed by atoms with E-state index in [1.54, 1.807) is 33.9 Å². The van der Waals surface area contributed by atoms with E-state index in [1.807, 2.05) is 18.2 Å². The molecule has 6 nitrogen and oxygen atoms in total. The van der Waals surface area contributed by atoms with Crippen molar-refractivity contribution in [2.24, 2.45) is 5.10 Å². The zero-order valence-electron chi connectivity index (χ0n) is 12.1. The number of nitrogens with one attached hydrogen (secondary N) is 2. The Hall–Kier alpha value is -2.37. The van der Waals surface area contributed by atoms with E-state index in [-0.39, 0.29) is 6.04 Å². The molecule has 0 aliphatic carbocycles. The Labute approximate surface area is 118 Å². The molecule has 0 aliphatic rings. The highest BCUT2D eigenvalue weighted by molar-refractivity contribution is 6.35. The minimum atomic E-state index is -0.798. The number of rotatable bonds is 4. The number of methoxy groups -OCH3 is 1. The summed E-state index contributed by atoms with van der Waals surface area (Å²) < 4.78 is 5.20. The molecule has 0 saturated carbocycles. The minimum absolute atomic E-state index is 0.104. The smallest absolute Gasteiger partial charge is 0.329 e.